The molecule has 0 saturated carbocycles. The topological polar surface area (TPSA) is 29.5 Å². The maximum atomic E-state index is 13.4. The van der Waals surface area contributed by atoms with Crippen molar-refractivity contribution in [1.82, 2.24) is 0 Å². The Morgan fingerprint density at radius 1 is 1.25 bits per heavy atom. The van der Waals surface area contributed by atoms with Crippen molar-refractivity contribution in [2.24, 2.45) is 0 Å². The summed E-state index contributed by atoms with van der Waals surface area (Å²) in [5, 5.41) is 9.73. The van der Waals surface area contributed by atoms with Gasteiger partial charge in [-0.15, -0.1) is 0 Å². The summed E-state index contributed by atoms with van der Waals surface area (Å²) >= 11 is 6.57. The second-order valence-electron chi connectivity index (χ2n) is 4.36. The van der Waals surface area contributed by atoms with E-state index in [1.165, 1.54) is 6.07 Å². The highest BCUT2D eigenvalue weighted by Gasteiger charge is 2.11. The highest BCUT2D eigenvalue weighted by molar-refractivity contribution is 9.10. The molecule has 106 valence electrons. The molecular formula is C15H13Br2FO2. The molecule has 1 atom stereocenters. The van der Waals surface area contributed by atoms with Gasteiger partial charge < -0.3 is 9.84 Å². The van der Waals surface area contributed by atoms with E-state index in [9.17, 15) is 9.50 Å². The van der Waals surface area contributed by atoms with Crippen LogP contribution in [0.15, 0.2) is 45.3 Å². The van der Waals surface area contributed by atoms with E-state index >= 15 is 0 Å². The van der Waals surface area contributed by atoms with Gasteiger partial charge in [0, 0.05) is 15.6 Å². The Hall–Kier alpha value is -0.910. The van der Waals surface area contributed by atoms with Crippen molar-refractivity contribution in [3.8, 4) is 5.75 Å². The first kappa shape index (κ1) is 15.5. The lowest BCUT2D eigenvalue weighted by Crippen LogP contribution is -2.02. The molecule has 0 unspecified atom stereocenters. The van der Waals surface area contributed by atoms with Gasteiger partial charge >= 0.3 is 0 Å². The smallest absolute Gasteiger partial charge is 0.137 e. The van der Waals surface area contributed by atoms with Crippen LogP contribution in [0.1, 0.15) is 24.2 Å². The second kappa shape index (κ2) is 6.70. The van der Waals surface area contributed by atoms with E-state index in [1.54, 1.807) is 31.2 Å². The molecule has 2 aromatic rings. The third-order valence-corrected chi connectivity index (χ3v) is 4.22. The molecule has 0 aromatic heterocycles. The van der Waals surface area contributed by atoms with E-state index in [4.69, 9.17) is 4.74 Å². The predicted molar refractivity (Wildman–Crippen MR) is 83.2 cm³/mol. The Morgan fingerprint density at radius 3 is 2.70 bits per heavy atom. The molecule has 0 saturated heterocycles. The normalized spacial score (nSPS) is 12.2. The fourth-order valence-electron chi connectivity index (χ4n) is 1.79. The molecule has 0 bridgehead atoms. The number of benzene rings is 2. The lowest BCUT2D eigenvalue weighted by Gasteiger charge is -2.14. The minimum absolute atomic E-state index is 0.217. The van der Waals surface area contributed by atoms with Gasteiger partial charge in [0.2, 0.25) is 0 Å². The van der Waals surface area contributed by atoms with E-state index in [2.05, 4.69) is 31.9 Å². The van der Waals surface area contributed by atoms with Gasteiger partial charge in [-0.1, -0.05) is 34.1 Å². The van der Waals surface area contributed by atoms with Gasteiger partial charge in [0.25, 0.3) is 0 Å². The van der Waals surface area contributed by atoms with Crippen LogP contribution in [0.5, 0.6) is 5.75 Å². The Kier molecular flexibility index (Phi) is 5.18. The van der Waals surface area contributed by atoms with Crippen LogP contribution < -0.4 is 4.74 Å². The molecule has 2 nitrogen and oxygen atoms in total. The third-order valence-electron chi connectivity index (χ3n) is 2.84. The van der Waals surface area contributed by atoms with Crippen molar-refractivity contribution < 1.29 is 14.2 Å². The summed E-state index contributed by atoms with van der Waals surface area (Å²) in [7, 11) is 0. The highest BCUT2D eigenvalue weighted by Crippen LogP contribution is 2.30. The summed E-state index contributed by atoms with van der Waals surface area (Å²) < 4.78 is 20.4. The number of halogens is 3. The molecule has 0 aliphatic heterocycles. The van der Waals surface area contributed by atoms with Crippen molar-refractivity contribution in [1.29, 1.82) is 0 Å². The molecule has 0 radical (unpaired) electrons. The van der Waals surface area contributed by atoms with E-state index < -0.39 is 6.10 Å². The SMILES string of the molecule is C[C@@H](O)c1ccc(Br)cc1OCc1cccc(F)c1Br. The van der Waals surface area contributed by atoms with Crippen LogP contribution in [-0.4, -0.2) is 5.11 Å². The van der Waals surface area contributed by atoms with Crippen LogP contribution in [0, 0.1) is 5.82 Å². The summed E-state index contributed by atoms with van der Waals surface area (Å²) in [5.41, 5.74) is 1.40. The molecule has 0 fully saturated rings. The molecule has 0 spiro atoms. The average molecular weight is 404 g/mol. The number of aliphatic hydroxyl groups excluding tert-OH is 1. The summed E-state index contributed by atoms with van der Waals surface area (Å²) in [6.45, 7) is 1.89. The Balaban J connectivity index is 2.22. The number of rotatable bonds is 4. The highest BCUT2D eigenvalue weighted by atomic mass is 79.9. The summed E-state index contributed by atoms with van der Waals surface area (Å²) in [6.07, 6.45) is -0.631. The van der Waals surface area contributed by atoms with Crippen LogP contribution in [0.25, 0.3) is 0 Å². The Morgan fingerprint density at radius 2 is 2.00 bits per heavy atom. The van der Waals surface area contributed by atoms with Gasteiger partial charge in [-0.05, 0) is 41.1 Å². The Bertz CT molecular complexity index is 615. The van der Waals surface area contributed by atoms with Crippen LogP contribution in [-0.2, 0) is 6.61 Å². The van der Waals surface area contributed by atoms with Crippen LogP contribution in [0.3, 0.4) is 0 Å². The van der Waals surface area contributed by atoms with Crippen molar-refractivity contribution >= 4 is 31.9 Å². The molecule has 1 N–H and O–H groups in total. The quantitative estimate of drug-likeness (QED) is 0.779. The monoisotopic (exact) mass is 402 g/mol. The molecule has 0 heterocycles. The molecule has 2 rings (SSSR count). The van der Waals surface area contributed by atoms with Crippen molar-refractivity contribution in [3.63, 3.8) is 0 Å². The van der Waals surface area contributed by atoms with Crippen LogP contribution >= 0.6 is 31.9 Å². The maximum Gasteiger partial charge on any atom is 0.137 e. The molecular weight excluding hydrogens is 391 g/mol. The fourth-order valence-corrected chi connectivity index (χ4v) is 2.51. The number of hydrogen-bond donors (Lipinski definition) is 1. The van der Waals surface area contributed by atoms with Gasteiger partial charge in [0.15, 0.2) is 0 Å². The Labute approximate surface area is 133 Å². The van der Waals surface area contributed by atoms with E-state index in [-0.39, 0.29) is 12.4 Å². The van der Waals surface area contributed by atoms with Gasteiger partial charge in [-0.2, -0.15) is 0 Å². The standard InChI is InChI=1S/C15H13Br2FO2/c1-9(19)12-6-5-11(16)7-14(12)20-8-10-3-2-4-13(18)15(10)17/h2-7,9,19H,8H2,1H3/t9-/m1/s1. The fraction of sp³-hybridized carbons (Fsp3) is 0.200. The third kappa shape index (κ3) is 3.59. The van der Waals surface area contributed by atoms with Gasteiger partial charge in [0.1, 0.15) is 18.2 Å². The lowest BCUT2D eigenvalue weighted by molar-refractivity contribution is 0.190. The molecule has 0 aliphatic carbocycles. The largest absolute Gasteiger partial charge is 0.488 e. The van der Waals surface area contributed by atoms with Gasteiger partial charge in [-0.3, -0.25) is 0 Å². The van der Waals surface area contributed by atoms with Crippen LogP contribution in [0.2, 0.25) is 0 Å². The zero-order valence-electron chi connectivity index (χ0n) is 10.7. The van der Waals surface area contributed by atoms with Crippen molar-refractivity contribution in [2.45, 2.75) is 19.6 Å². The van der Waals surface area contributed by atoms with Crippen molar-refractivity contribution in [3.05, 3.63) is 62.3 Å². The first-order valence-electron chi connectivity index (χ1n) is 6.02. The first-order valence-corrected chi connectivity index (χ1v) is 7.61. The van der Waals surface area contributed by atoms with E-state index in [0.717, 1.165) is 4.47 Å². The van der Waals surface area contributed by atoms with E-state index in [1.807, 2.05) is 6.07 Å². The molecule has 0 amide bonds. The molecule has 0 aliphatic rings. The zero-order valence-corrected chi connectivity index (χ0v) is 13.9. The number of ether oxygens (including phenoxy) is 1. The predicted octanol–water partition coefficient (Wildman–Crippen LogP) is 4.98. The second-order valence-corrected chi connectivity index (χ2v) is 6.07. The summed E-state index contributed by atoms with van der Waals surface area (Å²) in [4.78, 5) is 0. The average Bonchev–Trinajstić information content (AvgIpc) is 2.40. The number of aliphatic hydroxyl groups is 1. The molecule has 5 heteroatoms. The maximum absolute atomic E-state index is 13.4. The lowest BCUT2D eigenvalue weighted by atomic mass is 10.1. The molecule has 2 aromatic carbocycles. The van der Waals surface area contributed by atoms with Gasteiger partial charge in [-0.25, -0.2) is 4.39 Å². The van der Waals surface area contributed by atoms with Crippen LogP contribution in [0.4, 0.5) is 4.39 Å². The first-order chi connectivity index (χ1) is 9.49. The summed E-state index contributed by atoms with van der Waals surface area (Å²) in [6, 6.07) is 10.2. The minimum atomic E-state index is -0.631. The number of hydrogen-bond acceptors (Lipinski definition) is 2. The minimum Gasteiger partial charge on any atom is -0.488 e. The zero-order chi connectivity index (χ0) is 14.7. The molecule has 20 heavy (non-hydrogen) atoms. The van der Waals surface area contributed by atoms with Crippen molar-refractivity contribution in [2.75, 3.05) is 0 Å². The van der Waals surface area contributed by atoms with E-state index in [0.29, 0.717) is 21.3 Å². The summed E-state index contributed by atoms with van der Waals surface area (Å²) in [5.74, 6) is 0.252. The van der Waals surface area contributed by atoms with Gasteiger partial charge in [0.05, 0.1) is 10.6 Å².